The summed E-state index contributed by atoms with van der Waals surface area (Å²) in [4.78, 5) is 13.5. The van der Waals surface area contributed by atoms with Crippen LogP contribution in [0.2, 0.25) is 0 Å². The number of hydrogen-bond donors (Lipinski definition) is 1. The van der Waals surface area contributed by atoms with Gasteiger partial charge in [-0.1, -0.05) is 6.92 Å². The quantitative estimate of drug-likeness (QED) is 0.728. The van der Waals surface area contributed by atoms with Gasteiger partial charge >= 0.3 is 5.97 Å². The average Bonchev–Trinajstić information content (AvgIpc) is 2.81. The topological polar surface area (TPSA) is 62.9 Å². The number of aliphatic hydroxyl groups excluding tert-OH is 1. The smallest absolute Gasteiger partial charge is 0.341 e. The largest absolute Gasteiger partial charge is 0.467 e. The summed E-state index contributed by atoms with van der Waals surface area (Å²) in [6, 6.07) is 1.61. The van der Waals surface area contributed by atoms with Crippen LogP contribution in [-0.2, 0) is 11.3 Å². The number of hydrogen-bond acceptors (Lipinski definition) is 5. The molecule has 1 aromatic rings. The van der Waals surface area contributed by atoms with Crippen LogP contribution in [0, 0.1) is 0 Å². The predicted octanol–water partition coefficient (Wildman–Crippen LogP) is 1.27. The summed E-state index contributed by atoms with van der Waals surface area (Å²) in [5.74, 6) is 0.226. The van der Waals surface area contributed by atoms with Crippen molar-refractivity contribution in [3.8, 4) is 0 Å². The van der Waals surface area contributed by atoms with E-state index < -0.39 is 0 Å². The molecular formula is C12H19NO4. The van der Waals surface area contributed by atoms with E-state index in [9.17, 15) is 4.79 Å². The molecule has 0 spiro atoms. The molecule has 0 saturated heterocycles. The third-order valence-corrected chi connectivity index (χ3v) is 2.60. The van der Waals surface area contributed by atoms with Gasteiger partial charge in [-0.05, 0) is 19.0 Å². The molecule has 5 heteroatoms. The van der Waals surface area contributed by atoms with Crippen LogP contribution < -0.4 is 0 Å². The van der Waals surface area contributed by atoms with Gasteiger partial charge < -0.3 is 14.3 Å². The number of nitrogens with zero attached hydrogens (tertiary/aromatic N) is 1. The maximum absolute atomic E-state index is 11.4. The van der Waals surface area contributed by atoms with Crippen LogP contribution in [0.5, 0.6) is 0 Å². The molecule has 0 unspecified atom stereocenters. The highest BCUT2D eigenvalue weighted by molar-refractivity contribution is 5.90. The summed E-state index contributed by atoms with van der Waals surface area (Å²) in [6.07, 6.45) is 2.20. The van der Waals surface area contributed by atoms with Crippen molar-refractivity contribution in [2.24, 2.45) is 0 Å². The summed E-state index contributed by atoms with van der Waals surface area (Å²) < 4.78 is 9.97. The first-order valence-electron chi connectivity index (χ1n) is 5.70. The first-order chi connectivity index (χ1) is 8.22. The van der Waals surface area contributed by atoms with Gasteiger partial charge in [0.05, 0.1) is 19.9 Å². The molecule has 17 heavy (non-hydrogen) atoms. The third kappa shape index (κ3) is 3.87. The molecule has 1 aromatic heterocycles. The van der Waals surface area contributed by atoms with Gasteiger partial charge in [0.15, 0.2) is 0 Å². The van der Waals surface area contributed by atoms with Crippen molar-refractivity contribution in [3.63, 3.8) is 0 Å². The number of rotatable bonds is 7. The number of esters is 1. The molecule has 5 nitrogen and oxygen atoms in total. The summed E-state index contributed by atoms with van der Waals surface area (Å²) in [5, 5.41) is 8.79. The van der Waals surface area contributed by atoms with Crippen LogP contribution >= 0.6 is 0 Å². The molecule has 0 bridgehead atoms. The van der Waals surface area contributed by atoms with Crippen LogP contribution in [-0.4, -0.2) is 42.8 Å². The third-order valence-electron chi connectivity index (χ3n) is 2.60. The van der Waals surface area contributed by atoms with E-state index in [0.29, 0.717) is 24.3 Å². The van der Waals surface area contributed by atoms with E-state index in [1.165, 1.54) is 13.4 Å². The first kappa shape index (κ1) is 13.7. The van der Waals surface area contributed by atoms with E-state index >= 15 is 0 Å². The predicted molar refractivity (Wildman–Crippen MR) is 62.7 cm³/mol. The minimum atomic E-state index is -0.382. The van der Waals surface area contributed by atoms with Gasteiger partial charge in [0, 0.05) is 13.2 Å². The zero-order valence-electron chi connectivity index (χ0n) is 10.3. The molecule has 0 saturated carbocycles. The minimum absolute atomic E-state index is 0.165. The van der Waals surface area contributed by atoms with Crippen molar-refractivity contribution in [1.29, 1.82) is 0 Å². The van der Waals surface area contributed by atoms with Crippen LogP contribution in [0.4, 0.5) is 0 Å². The van der Waals surface area contributed by atoms with E-state index in [-0.39, 0.29) is 12.6 Å². The van der Waals surface area contributed by atoms with Crippen molar-refractivity contribution in [1.82, 2.24) is 4.90 Å². The Morgan fingerprint density at radius 2 is 2.35 bits per heavy atom. The second-order valence-electron chi connectivity index (χ2n) is 3.69. The second kappa shape index (κ2) is 7.09. The summed E-state index contributed by atoms with van der Waals surface area (Å²) in [6.45, 7) is 4.35. The number of methoxy groups -OCH3 is 1. The molecule has 0 amide bonds. The van der Waals surface area contributed by atoms with Crippen molar-refractivity contribution < 1.29 is 19.1 Å². The SMILES string of the molecule is CCN(CCCO)Cc1occc1C(=O)OC. The number of carbonyl (C=O) groups excluding carboxylic acids is 1. The molecule has 0 atom stereocenters. The number of aliphatic hydroxyl groups is 1. The van der Waals surface area contributed by atoms with Gasteiger partial charge in [0.2, 0.25) is 0 Å². The Kier molecular flexibility index (Phi) is 5.72. The van der Waals surface area contributed by atoms with Gasteiger partial charge in [0.25, 0.3) is 0 Å². The Balaban J connectivity index is 2.66. The molecule has 0 aliphatic carbocycles. The highest BCUT2D eigenvalue weighted by Crippen LogP contribution is 2.14. The zero-order valence-corrected chi connectivity index (χ0v) is 10.3. The van der Waals surface area contributed by atoms with Gasteiger partial charge in [-0.2, -0.15) is 0 Å². The van der Waals surface area contributed by atoms with Crippen molar-refractivity contribution in [2.45, 2.75) is 19.9 Å². The Labute approximate surface area is 101 Å². The maximum Gasteiger partial charge on any atom is 0.341 e. The maximum atomic E-state index is 11.4. The van der Waals surface area contributed by atoms with Gasteiger partial charge in [0.1, 0.15) is 11.3 Å². The van der Waals surface area contributed by atoms with Crippen LogP contribution in [0.25, 0.3) is 0 Å². The van der Waals surface area contributed by atoms with E-state index in [2.05, 4.69) is 9.64 Å². The van der Waals surface area contributed by atoms with E-state index in [1.54, 1.807) is 6.07 Å². The fraction of sp³-hybridized carbons (Fsp3) is 0.583. The van der Waals surface area contributed by atoms with Crippen molar-refractivity contribution >= 4 is 5.97 Å². The zero-order chi connectivity index (χ0) is 12.7. The molecular weight excluding hydrogens is 222 g/mol. The van der Waals surface area contributed by atoms with Crippen LogP contribution in [0.15, 0.2) is 16.7 Å². The number of furan rings is 1. The number of ether oxygens (including phenoxy) is 1. The average molecular weight is 241 g/mol. The second-order valence-corrected chi connectivity index (χ2v) is 3.69. The normalized spacial score (nSPS) is 10.8. The first-order valence-corrected chi connectivity index (χ1v) is 5.70. The van der Waals surface area contributed by atoms with Gasteiger partial charge in [-0.15, -0.1) is 0 Å². The molecule has 1 rings (SSSR count). The van der Waals surface area contributed by atoms with Crippen LogP contribution in [0.3, 0.4) is 0 Å². The van der Waals surface area contributed by atoms with E-state index in [0.717, 1.165) is 13.1 Å². The molecule has 0 fully saturated rings. The fourth-order valence-corrected chi connectivity index (χ4v) is 1.60. The lowest BCUT2D eigenvalue weighted by Crippen LogP contribution is -2.25. The molecule has 1 heterocycles. The van der Waals surface area contributed by atoms with Crippen molar-refractivity contribution in [3.05, 3.63) is 23.7 Å². The monoisotopic (exact) mass is 241 g/mol. The lowest BCUT2D eigenvalue weighted by molar-refractivity contribution is 0.0596. The summed E-state index contributed by atoms with van der Waals surface area (Å²) >= 11 is 0. The van der Waals surface area contributed by atoms with Gasteiger partial charge in [-0.3, -0.25) is 4.90 Å². The lowest BCUT2D eigenvalue weighted by atomic mass is 10.2. The molecule has 1 N–H and O–H groups in total. The Morgan fingerprint density at radius 3 is 2.94 bits per heavy atom. The Morgan fingerprint density at radius 1 is 1.59 bits per heavy atom. The molecule has 0 aliphatic heterocycles. The fourth-order valence-electron chi connectivity index (χ4n) is 1.60. The highest BCUT2D eigenvalue weighted by atomic mass is 16.5. The molecule has 0 aliphatic rings. The summed E-state index contributed by atoms with van der Waals surface area (Å²) in [7, 11) is 1.35. The van der Waals surface area contributed by atoms with Gasteiger partial charge in [-0.25, -0.2) is 4.79 Å². The lowest BCUT2D eigenvalue weighted by Gasteiger charge is -2.18. The molecule has 0 aromatic carbocycles. The number of carbonyl (C=O) groups is 1. The van der Waals surface area contributed by atoms with Crippen LogP contribution in [0.1, 0.15) is 29.5 Å². The van der Waals surface area contributed by atoms with Crippen molar-refractivity contribution in [2.75, 3.05) is 26.8 Å². The Hall–Kier alpha value is -1.33. The minimum Gasteiger partial charge on any atom is -0.467 e. The standard InChI is InChI=1S/C12H19NO4/c1-3-13(6-4-7-14)9-11-10(5-8-17-11)12(15)16-2/h5,8,14H,3-4,6-7,9H2,1-2H3. The summed E-state index contributed by atoms with van der Waals surface area (Å²) in [5.41, 5.74) is 0.468. The molecule has 0 radical (unpaired) electrons. The van der Waals surface area contributed by atoms with E-state index in [1.807, 2.05) is 6.92 Å². The van der Waals surface area contributed by atoms with E-state index in [4.69, 9.17) is 9.52 Å². The molecule has 96 valence electrons. The Bertz CT molecular complexity index is 348. The highest BCUT2D eigenvalue weighted by Gasteiger charge is 2.16.